The van der Waals surface area contributed by atoms with Gasteiger partial charge in [0.15, 0.2) is 11.6 Å². The average Bonchev–Trinajstić information content (AvgIpc) is 2.92. The van der Waals surface area contributed by atoms with E-state index in [4.69, 9.17) is 4.74 Å². The van der Waals surface area contributed by atoms with Gasteiger partial charge in [0, 0.05) is 18.2 Å². The molecule has 0 bridgehead atoms. The Morgan fingerprint density at radius 3 is 2.67 bits per heavy atom. The highest BCUT2D eigenvalue weighted by molar-refractivity contribution is 5.42. The molecule has 0 unspecified atom stereocenters. The second-order valence-electron chi connectivity index (χ2n) is 5.24. The lowest BCUT2D eigenvalue weighted by atomic mass is 10.1. The Kier molecular flexibility index (Phi) is 4.03. The van der Waals surface area contributed by atoms with Gasteiger partial charge < -0.3 is 9.84 Å². The number of phenols is 1. The van der Waals surface area contributed by atoms with Crippen LogP contribution in [0.4, 0.5) is 4.39 Å². The van der Waals surface area contributed by atoms with Crippen LogP contribution in [0.1, 0.15) is 11.1 Å². The number of halogens is 1. The van der Waals surface area contributed by atoms with Crippen molar-refractivity contribution in [2.45, 2.75) is 13.5 Å². The van der Waals surface area contributed by atoms with E-state index >= 15 is 0 Å². The lowest BCUT2D eigenvalue weighted by Gasteiger charge is -2.12. The third-order valence-corrected chi connectivity index (χ3v) is 3.64. The predicted molar refractivity (Wildman–Crippen MR) is 83.7 cm³/mol. The number of nitrogens with zero attached hydrogens (tertiary/aromatic N) is 4. The average molecular weight is 330 g/mol. The number of para-hydroxylation sites is 1. The number of aromatic hydroxyl groups is 1. The number of hydrogen-bond acceptors (Lipinski definition) is 5. The summed E-state index contributed by atoms with van der Waals surface area (Å²) in [5, 5.41) is 16.8. The molecule has 3 aromatic rings. The maximum atomic E-state index is 13.7. The Balaban J connectivity index is 1.91. The summed E-state index contributed by atoms with van der Waals surface area (Å²) in [4.78, 5) is 12.0. The SMILES string of the molecule is Cc1c(OCc2ccccc2-n2nnn(C)c2=O)ccc(O)c1F. The monoisotopic (exact) mass is 330 g/mol. The number of aromatic nitrogens is 4. The molecule has 8 heteroatoms. The highest BCUT2D eigenvalue weighted by Crippen LogP contribution is 2.28. The fourth-order valence-electron chi connectivity index (χ4n) is 2.27. The van der Waals surface area contributed by atoms with Crippen molar-refractivity contribution in [2.24, 2.45) is 7.05 Å². The van der Waals surface area contributed by atoms with Gasteiger partial charge in [-0.25, -0.2) is 9.18 Å². The van der Waals surface area contributed by atoms with Crippen molar-refractivity contribution >= 4 is 0 Å². The third kappa shape index (κ3) is 2.73. The van der Waals surface area contributed by atoms with E-state index in [0.29, 0.717) is 17.0 Å². The first kappa shape index (κ1) is 15.7. The molecule has 124 valence electrons. The minimum atomic E-state index is -0.717. The Bertz CT molecular complexity index is 949. The molecule has 0 aliphatic heterocycles. The first-order valence-corrected chi connectivity index (χ1v) is 7.17. The van der Waals surface area contributed by atoms with Gasteiger partial charge in [-0.15, -0.1) is 0 Å². The molecule has 0 amide bonds. The first-order chi connectivity index (χ1) is 11.5. The maximum absolute atomic E-state index is 13.7. The summed E-state index contributed by atoms with van der Waals surface area (Å²) in [6.45, 7) is 1.62. The molecular weight excluding hydrogens is 315 g/mol. The minimum absolute atomic E-state index is 0.101. The van der Waals surface area contributed by atoms with Gasteiger partial charge in [-0.2, -0.15) is 9.36 Å². The van der Waals surface area contributed by atoms with Crippen LogP contribution in [-0.4, -0.2) is 24.9 Å². The van der Waals surface area contributed by atoms with Crippen molar-refractivity contribution in [3.05, 3.63) is 63.8 Å². The molecule has 1 N–H and O–H groups in total. The summed E-state index contributed by atoms with van der Waals surface area (Å²) in [7, 11) is 1.51. The second-order valence-corrected chi connectivity index (χ2v) is 5.24. The first-order valence-electron chi connectivity index (χ1n) is 7.17. The van der Waals surface area contributed by atoms with E-state index in [0.717, 1.165) is 4.68 Å². The molecule has 0 saturated heterocycles. The van der Waals surface area contributed by atoms with Gasteiger partial charge in [0.1, 0.15) is 12.4 Å². The zero-order valence-electron chi connectivity index (χ0n) is 13.1. The van der Waals surface area contributed by atoms with Gasteiger partial charge in [0.25, 0.3) is 0 Å². The summed E-state index contributed by atoms with van der Waals surface area (Å²) in [6, 6.07) is 9.79. The van der Waals surface area contributed by atoms with E-state index in [-0.39, 0.29) is 17.9 Å². The lowest BCUT2D eigenvalue weighted by molar-refractivity contribution is 0.299. The zero-order chi connectivity index (χ0) is 17.3. The smallest absolute Gasteiger partial charge is 0.368 e. The third-order valence-electron chi connectivity index (χ3n) is 3.64. The van der Waals surface area contributed by atoms with Crippen molar-refractivity contribution < 1.29 is 14.2 Å². The number of benzene rings is 2. The molecule has 0 fully saturated rings. The molecule has 1 heterocycles. The number of hydrogen-bond donors (Lipinski definition) is 1. The molecule has 0 saturated carbocycles. The van der Waals surface area contributed by atoms with E-state index in [1.54, 1.807) is 24.3 Å². The Morgan fingerprint density at radius 2 is 1.96 bits per heavy atom. The van der Waals surface area contributed by atoms with Crippen LogP contribution in [0.2, 0.25) is 0 Å². The standard InChI is InChI=1S/C16H15FN4O3/c1-10-14(8-7-13(22)15(10)17)24-9-11-5-3-4-6-12(11)21-16(23)20(2)18-19-21/h3-8,22H,9H2,1-2H3. The molecule has 2 aromatic carbocycles. The molecule has 7 nitrogen and oxygen atoms in total. The molecule has 3 rings (SSSR count). The number of aryl methyl sites for hydroxylation is 1. The van der Waals surface area contributed by atoms with Gasteiger partial charge in [-0.05, 0) is 35.5 Å². The quantitative estimate of drug-likeness (QED) is 0.787. The molecule has 0 radical (unpaired) electrons. The predicted octanol–water partition coefficient (Wildman–Crippen LogP) is 1.70. The van der Waals surface area contributed by atoms with Crippen LogP contribution in [0.15, 0.2) is 41.2 Å². The van der Waals surface area contributed by atoms with Crippen molar-refractivity contribution in [2.75, 3.05) is 0 Å². The Hall–Kier alpha value is -3.16. The number of rotatable bonds is 4. The Labute approximate surface area is 136 Å². The van der Waals surface area contributed by atoms with Crippen LogP contribution < -0.4 is 10.4 Å². The number of ether oxygens (including phenoxy) is 1. The Morgan fingerprint density at radius 1 is 1.21 bits per heavy atom. The summed E-state index contributed by atoms with van der Waals surface area (Å²) in [5.41, 5.74) is 1.05. The van der Waals surface area contributed by atoms with Gasteiger partial charge in [-0.3, -0.25) is 0 Å². The molecular formula is C16H15FN4O3. The van der Waals surface area contributed by atoms with E-state index < -0.39 is 11.6 Å². The summed E-state index contributed by atoms with van der Waals surface area (Å²) in [6.07, 6.45) is 0. The van der Waals surface area contributed by atoms with Gasteiger partial charge in [-0.1, -0.05) is 18.2 Å². The summed E-state index contributed by atoms with van der Waals surface area (Å²) < 4.78 is 21.7. The van der Waals surface area contributed by atoms with Crippen LogP contribution in [0.5, 0.6) is 11.5 Å². The van der Waals surface area contributed by atoms with Crippen LogP contribution in [0, 0.1) is 12.7 Å². The van der Waals surface area contributed by atoms with E-state index in [2.05, 4.69) is 10.4 Å². The highest BCUT2D eigenvalue weighted by Gasteiger charge is 2.13. The molecule has 0 atom stereocenters. The topological polar surface area (TPSA) is 82.2 Å². The molecule has 0 spiro atoms. The van der Waals surface area contributed by atoms with E-state index in [1.807, 2.05) is 0 Å². The number of phenolic OH excluding ortho intramolecular Hbond substituents is 1. The van der Waals surface area contributed by atoms with E-state index in [1.165, 1.54) is 30.8 Å². The van der Waals surface area contributed by atoms with Crippen LogP contribution in [0.3, 0.4) is 0 Å². The summed E-state index contributed by atoms with van der Waals surface area (Å²) in [5.74, 6) is -0.830. The van der Waals surface area contributed by atoms with Crippen molar-refractivity contribution in [1.29, 1.82) is 0 Å². The largest absolute Gasteiger partial charge is 0.505 e. The van der Waals surface area contributed by atoms with Crippen LogP contribution in [0.25, 0.3) is 5.69 Å². The fraction of sp³-hybridized carbons (Fsp3) is 0.188. The van der Waals surface area contributed by atoms with Crippen molar-refractivity contribution in [3.8, 4) is 17.2 Å². The highest BCUT2D eigenvalue weighted by atomic mass is 19.1. The van der Waals surface area contributed by atoms with Crippen LogP contribution in [-0.2, 0) is 13.7 Å². The molecule has 0 aliphatic rings. The van der Waals surface area contributed by atoms with Crippen molar-refractivity contribution in [3.63, 3.8) is 0 Å². The lowest BCUT2D eigenvalue weighted by Crippen LogP contribution is -2.23. The maximum Gasteiger partial charge on any atom is 0.368 e. The van der Waals surface area contributed by atoms with Gasteiger partial charge in [0.05, 0.1) is 5.69 Å². The number of tetrazole rings is 1. The van der Waals surface area contributed by atoms with Gasteiger partial charge in [0.2, 0.25) is 0 Å². The summed E-state index contributed by atoms with van der Waals surface area (Å²) >= 11 is 0. The molecule has 24 heavy (non-hydrogen) atoms. The second kappa shape index (κ2) is 6.15. The van der Waals surface area contributed by atoms with Gasteiger partial charge >= 0.3 is 5.69 Å². The van der Waals surface area contributed by atoms with E-state index in [9.17, 15) is 14.3 Å². The molecule has 1 aromatic heterocycles. The minimum Gasteiger partial charge on any atom is -0.505 e. The molecule has 0 aliphatic carbocycles. The zero-order valence-corrected chi connectivity index (χ0v) is 13.1. The van der Waals surface area contributed by atoms with Crippen LogP contribution >= 0.6 is 0 Å². The van der Waals surface area contributed by atoms with Crippen molar-refractivity contribution in [1.82, 2.24) is 19.8 Å². The normalized spacial score (nSPS) is 10.8. The fourth-order valence-corrected chi connectivity index (χ4v) is 2.27.